The van der Waals surface area contributed by atoms with Crippen LogP contribution in [-0.4, -0.2) is 41.1 Å². The lowest BCUT2D eigenvalue weighted by atomic mass is 9.75. The summed E-state index contributed by atoms with van der Waals surface area (Å²) in [6.07, 6.45) is -0.112. The fourth-order valence-electron chi connectivity index (χ4n) is 3.15. The van der Waals surface area contributed by atoms with E-state index in [1.807, 2.05) is 0 Å². The number of rotatable bonds is 7. The van der Waals surface area contributed by atoms with E-state index in [0.717, 1.165) is 0 Å². The summed E-state index contributed by atoms with van der Waals surface area (Å²) in [5.41, 5.74) is -0.821. The van der Waals surface area contributed by atoms with Crippen LogP contribution in [0.2, 0.25) is 0 Å². The summed E-state index contributed by atoms with van der Waals surface area (Å²) in [5.74, 6) is -2.58. The lowest BCUT2D eigenvalue weighted by Gasteiger charge is -2.31. The Bertz CT molecular complexity index is 483. The maximum atomic E-state index is 12.5. The molecule has 0 saturated heterocycles. The minimum atomic E-state index is -1.03. The fourth-order valence-corrected chi connectivity index (χ4v) is 3.15. The van der Waals surface area contributed by atoms with Gasteiger partial charge in [-0.3, -0.25) is 14.4 Å². The van der Waals surface area contributed by atoms with E-state index in [9.17, 15) is 19.5 Å². The van der Waals surface area contributed by atoms with Crippen LogP contribution < -0.4 is 0 Å². The number of allylic oxidation sites excluding steroid dienone is 1. The van der Waals surface area contributed by atoms with Gasteiger partial charge in [-0.1, -0.05) is 13.5 Å². The van der Waals surface area contributed by atoms with E-state index in [-0.39, 0.29) is 30.1 Å². The fraction of sp³-hybridized carbons (Fsp3) is 0.688. The Kier molecular flexibility index (Phi) is 5.88. The zero-order chi connectivity index (χ0) is 17.1. The van der Waals surface area contributed by atoms with Gasteiger partial charge in [0.05, 0.1) is 24.5 Å². The minimum Gasteiger partial charge on any atom is -0.481 e. The quantitative estimate of drug-likeness (QED) is 0.546. The van der Waals surface area contributed by atoms with Gasteiger partial charge in [0.2, 0.25) is 0 Å². The predicted octanol–water partition coefficient (Wildman–Crippen LogP) is 1.56. The molecule has 6 nitrogen and oxygen atoms in total. The number of carboxylic acids is 1. The van der Waals surface area contributed by atoms with Gasteiger partial charge in [-0.2, -0.15) is 0 Å². The number of Topliss-reactive ketones (excluding diaryl/α,β-unsaturated/α-hetero) is 1. The molecule has 0 spiro atoms. The third-order valence-corrected chi connectivity index (χ3v) is 4.75. The molecule has 1 aliphatic carbocycles. The number of hydrogen-bond acceptors (Lipinski definition) is 5. The van der Waals surface area contributed by atoms with E-state index in [2.05, 4.69) is 6.58 Å². The van der Waals surface area contributed by atoms with Crippen molar-refractivity contribution in [2.24, 2.45) is 17.3 Å². The molecule has 1 saturated carbocycles. The van der Waals surface area contributed by atoms with Gasteiger partial charge in [-0.25, -0.2) is 0 Å². The topological polar surface area (TPSA) is 101 Å². The molecule has 0 radical (unpaired) electrons. The molecule has 0 bridgehead atoms. The molecular formula is C16H24O6. The number of carbonyl (C=O) groups is 3. The van der Waals surface area contributed by atoms with Gasteiger partial charge in [0, 0.05) is 6.42 Å². The Morgan fingerprint density at radius 1 is 1.36 bits per heavy atom. The summed E-state index contributed by atoms with van der Waals surface area (Å²) in [5, 5.41) is 19.2. The lowest BCUT2D eigenvalue weighted by Crippen LogP contribution is -2.41. The monoisotopic (exact) mass is 312 g/mol. The van der Waals surface area contributed by atoms with Crippen LogP contribution in [0.4, 0.5) is 0 Å². The highest BCUT2D eigenvalue weighted by atomic mass is 16.5. The first-order valence-electron chi connectivity index (χ1n) is 7.35. The molecule has 124 valence electrons. The van der Waals surface area contributed by atoms with Crippen LogP contribution in [-0.2, 0) is 19.1 Å². The number of carboxylic acid groups (broad SMARTS) is 1. The van der Waals surface area contributed by atoms with Crippen molar-refractivity contribution >= 4 is 17.7 Å². The van der Waals surface area contributed by atoms with E-state index in [1.165, 1.54) is 7.11 Å². The largest absolute Gasteiger partial charge is 0.481 e. The molecule has 2 N–H and O–H groups in total. The molecule has 0 aromatic carbocycles. The molecule has 0 aliphatic heterocycles. The second kappa shape index (κ2) is 7.05. The van der Waals surface area contributed by atoms with Crippen molar-refractivity contribution in [2.75, 3.05) is 7.11 Å². The van der Waals surface area contributed by atoms with Crippen LogP contribution in [0.1, 0.15) is 39.5 Å². The normalized spacial score (nSPS) is 28.9. The van der Waals surface area contributed by atoms with Crippen molar-refractivity contribution in [1.29, 1.82) is 0 Å². The average Bonchev–Trinajstić information content (AvgIpc) is 2.79. The van der Waals surface area contributed by atoms with Crippen molar-refractivity contribution in [3.05, 3.63) is 12.2 Å². The highest BCUT2D eigenvalue weighted by Gasteiger charge is 2.52. The van der Waals surface area contributed by atoms with E-state index < -0.39 is 29.4 Å². The average molecular weight is 312 g/mol. The van der Waals surface area contributed by atoms with Crippen LogP contribution in [0.15, 0.2) is 12.2 Å². The first-order valence-corrected chi connectivity index (χ1v) is 7.35. The standard InChI is InChI=1S/C16H24O6/c1-9(5-6-12(17)18)13(19)16(3)8-7-11(14(16)20)10(2)15(21)22-4/h10-11,14,20H,1,5-8H2,2-4H3,(H,17,18)/t10-,11-,14-,16?/m0/s1. The van der Waals surface area contributed by atoms with Crippen molar-refractivity contribution in [2.45, 2.75) is 45.6 Å². The molecule has 0 heterocycles. The highest BCUT2D eigenvalue weighted by molar-refractivity contribution is 6.00. The molecule has 0 amide bonds. The summed E-state index contributed by atoms with van der Waals surface area (Å²) in [6.45, 7) is 6.98. The smallest absolute Gasteiger partial charge is 0.308 e. The number of aliphatic hydroxyl groups excluding tert-OH is 1. The SMILES string of the molecule is C=C(CCC(=O)O)C(=O)C1(C)CC[C@@H]([C@H](C)C(=O)OC)[C@@H]1O. The molecule has 1 rings (SSSR count). The van der Waals surface area contributed by atoms with Crippen molar-refractivity contribution in [3.63, 3.8) is 0 Å². The summed E-state index contributed by atoms with van der Waals surface area (Å²) in [4.78, 5) is 34.8. The van der Waals surface area contributed by atoms with Crippen LogP contribution in [0.5, 0.6) is 0 Å². The molecule has 1 unspecified atom stereocenters. The van der Waals surface area contributed by atoms with Gasteiger partial charge in [-0.05, 0) is 37.7 Å². The molecule has 0 aromatic rings. The first-order chi connectivity index (χ1) is 10.1. The number of aliphatic carboxylic acids is 1. The highest BCUT2D eigenvalue weighted by Crippen LogP contribution is 2.47. The second-order valence-electron chi connectivity index (χ2n) is 6.20. The number of carbonyl (C=O) groups excluding carboxylic acids is 2. The van der Waals surface area contributed by atoms with E-state index in [4.69, 9.17) is 9.84 Å². The van der Waals surface area contributed by atoms with Crippen LogP contribution in [0.25, 0.3) is 0 Å². The molecule has 0 aromatic heterocycles. The summed E-state index contributed by atoms with van der Waals surface area (Å²) in [6, 6.07) is 0. The van der Waals surface area contributed by atoms with E-state index in [1.54, 1.807) is 13.8 Å². The predicted molar refractivity (Wildman–Crippen MR) is 79.0 cm³/mol. The number of esters is 1. The van der Waals surface area contributed by atoms with Gasteiger partial charge in [0.15, 0.2) is 5.78 Å². The van der Waals surface area contributed by atoms with Crippen molar-refractivity contribution in [3.8, 4) is 0 Å². The zero-order valence-corrected chi connectivity index (χ0v) is 13.3. The van der Waals surface area contributed by atoms with Gasteiger partial charge in [0.25, 0.3) is 0 Å². The number of methoxy groups -OCH3 is 1. The molecule has 4 atom stereocenters. The lowest BCUT2D eigenvalue weighted by molar-refractivity contribution is -0.149. The number of ketones is 1. The van der Waals surface area contributed by atoms with E-state index in [0.29, 0.717) is 12.8 Å². The Morgan fingerprint density at radius 2 is 1.95 bits per heavy atom. The summed E-state index contributed by atoms with van der Waals surface area (Å²) >= 11 is 0. The molecule has 6 heteroatoms. The van der Waals surface area contributed by atoms with Gasteiger partial charge < -0.3 is 14.9 Å². The molecule has 1 aliphatic rings. The van der Waals surface area contributed by atoms with Crippen LogP contribution in [0.3, 0.4) is 0 Å². The molecule has 1 fully saturated rings. The summed E-state index contributed by atoms with van der Waals surface area (Å²) < 4.78 is 4.70. The number of hydrogen-bond donors (Lipinski definition) is 2. The van der Waals surface area contributed by atoms with Gasteiger partial charge in [-0.15, -0.1) is 0 Å². The number of aliphatic hydroxyl groups is 1. The Balaban J connectivity index is 2.82. The molecular weight excluding hydrogens is 288 g/mol. The Labute approximate surface area is 130 Å². The third kappa shape index (κ3) is 3.55. The Hall–Kier alpha value is -1.69. The minimum absolute atomic E-state index is 0.0632. The maximum Gasteiger partial charge on any atom is 0.308 e. The zero-order valence-electron chi connectivity index (χ0n) is 13.3. The van der Waals surface area contributed by atoms with Crippen molar-refractivity contribution < 1.29 is 29.3 Å². The molecule has 22 heavy (non-hydrogen) atoms. The first kappa shape index (κ1) is 18.4. The van der Waals surface area contributed by atoms with Gasteiger partial charge >= 0.3 is 11.9 Å². The van der Waals surface area contributed by atoms with E-state index >= 15 is 0 Å². The van der Waals surface area contributed by atoms with Crippen molar-refractivity contribution in [1.82, 2.24) is 0 Å². The Morgan fingerprint density at radius 3 is 2.45 bits per heavy atom. The summed E-state index contributed by atoms with van der Waals surface area (Å²) in [7, 11) is 1.29. The van der Waals surface area contributed by atoms with Crippen LogP contribution >= 0.6 is 0 Å². The maximum absolute atomic E-state index is 12.5. The second-order valence-corrected chi connectivity index (χ2v) is 6.20. The number of ether oxygens (including phenoxy) is 1. The van der Waals surface area contributed by atoms with Crippen LogP contribution in [0, 0.1) is 17.3 Å². The third-order valence-electron chi connectivity index (χ3n) is 4.75. The van der Waals surface area contributed by atoms with Gasteiger partial charge in [0.1, 0.15) is 0 Å².